The van der Waals surface area contributed by atoms with E-state index in [1.54, 1.807) is 0 Å². The Morgan fingerprint density at radius 1 is 0.656 bits per heavy atom. The van der Waals surface area contributed by atoms with E-state index in [2.05, 4.69) is 128 Å². The second-order valence-corrected chi connectivity index (χ2v) is 8.25. The zero-order chi connectivity index (χ0) is 21.9. The van der Waals surface area contributed by atoms with Gasteiger partial charge in [0.15, 0.2) is 0 Å². The minimum atomic E-state index is 0.757. The van der Waals surface area contributed by atoms with Crippen molar-refractivity contribution in [2.75, 3.05) is 0 Å². The summed E-state index contributed by atoms with van der Waals surface area (Å²) in [7, 11) is 0. The minimum absolute atomic E-state index is 0.757. The van der Waals surface area contributed by atoms with Gasteiger partial charge < -0.3 is 4.57 Å². The van der Waals surface area contributed by atoms with Crippen LogP contribution in [-0.4, -0.2) is 9.55 Å². The Balaban J connectivity index is 1.82. The quantitative estimate of drug-likeness (QED) is 0.290. The van der Waals surface area contributed by atoms with Crippen LogP contribution in [0.25, 0.3) is 33.9 Å². The Bertz CT molecular complexity index is 1330. The van der Waals surface area contributed by atoms with E-state index in [-0.39, 0.29) is 0 Å². The molecule has 0 N–H and O–H groups in total. The summed E-state index contributed by atoms with van der Waals surface area (Å²) in [5.74, 6) is 1.00. The highest BCUT2D eigenvalue weighted by Gasteiger charge is 2.22. The first-order valence-corrected chi connectivity index (χ1v) is 11.0. The van der Waals surface area contributed by atoms with Gasteiger partial charge >= 0.3 is 0 Å². The molecule has 0 radical (unpaired) electrons. The predicted molar refractivity (Wildman–Crippen MR) is 134 cm³/mol. The van der Waals surface area contributed by atoms with E-state index in [9.17, 15) is 0 Å². The third-order valence-corrected chi connectivity index (χ3v) is 5.87. The van der Waals surface area contributed by atoms with Crippen LogP contribution in [0.5, 0.6) is 0 Å². The number of hydrogen-bond acceptors (Lipinski definition) is 1. The summed E-state index contributed by atoms with van der Waals surface area (Å²) in [5.41, 5.74) is 9.40. The van der Waals surface area contributed by atoms with Gasteiger partial charge in [0.1, 0.15) is 5.82 Å². The molecule has 0 saturated carbocycles. The summed E-state index contributed by atoms with van der Waals surface area (Å²) in [4.78, 5) is 5.28. The molecule has 0 spiro atoms. The average Bonchev–Trinajstić information content (AvgIpc) is 3.19. The number of benzene rings is 4. The molecule has 0 bridgehead atoms. The van der Waals surface area contributed by atoms with Crippen molar-refractivity contribution >= 4 is 0 Å². The van der Waals surface area contributed by atoms with Gasteiger partial charge in [-0.3, -0.25) is 0 Å². The molecule has 0 aliphatic rings. The normalized spacial score (nSPS) is 10.9. The second kappa shape index (κ2) is 8.68. The van der Waals surface area contributed by atoms with Gasteiger partial charge in [0.05, 0.1) is 11.4 Å². The van der Waals surface area contributed by atoms with Crippen molar-refractivity contribution < 1.29 is 0 Å². The van der Waals surface area contributed by atoms with Crippen molar-refractivity contribution in [2.24, 2.45) is 0 Å². The second-order valence-electron chi connectivity index (χ2n) is 8.25. The summed E-state index contributed by atoms with van der Waals surface area (Å²) in [6.45, 7) is 5.07. The van der Waals surface area contributed by atoms with Crippen molar-refractivity contribution in [3.63, 3.8) is 0 Å². The number of imidazole rings is 1. The third kappa shape index (κ3) is 3.88. The highest BCUT2D eigenvalue weighted by atomic mass is 15.1. The molecule has 32 heavy (non-hydrogen) atoms. The Labute approximate surface area is 189 Å². The molecule has 0 atom stereocenters. The van der Waals surface area contributed by atoms with Gasteiger partial charge in [-0.25, -0.2) is 4.98 Å². The van der Waals surface area contributed by atoms with Crippen LogP contribution in [0.2, 0.25) is 0 Å². The van der Waals surface area contributed by atoms with Crippen LogP contribution in [0.1, 0.15) is 16.7 Å². The lowest BCUT2D eigenvalue weighted by Crippen LogP contribution is -2.05. The summed E-state index contributed by atoms with van der Waals surface area (Å²) in [5, 5.41) is 0. The van der Waals surface area contributed by atoms with Gasteiger partial charge in [0.25, 0.3) is 0 Å². The number of nitrogens with zero attached hydrogens (tertiary/aromatic N) is 2. The van der Waals surface area contributed by atoms with Crippen molar-refractivity contribution in [1.82, 2.24) is 9.55 Å². The fourth-order valence-corrected chi connectivity index (χ4v) is 4.33. The minimum Gasteiger partial charge on any atom is -0.319 e. The number of rotatable bonds is 5. The topological polar surface area (TPSA) is 17.8 Å². The van der Waals surface area contributed by atoms with Gasteiger partial charge in [-0.2, -0.15) is 0 Å². The molecular weight excluding hydrogens is 388 g/mol. The molecule has 2 nitrogen and oxygen atoms in total. The fraction of sp³-hybridized carbons (Fsp3) is 0.100. The van der Waals surface area contributed by atoms with E-state index in [0.717, 1.165) is 29.3 Å². The van der Waals surface area contributed by atoms with E-state index >= 15 is 0 Å². The van der Waals surface area contributed by atoms with Crippen molar-refractivity contribution in [3.8, 4) is 33.9 Å². The van der Waals surface area contributed by atoms with Crippen molar-refractivity contribution in [1.29, 1.82) is 0 Å². The molecule has 1 heterocycles. The SMILES string of the molecule is Cc1ccc(-c2nc(-c3ccccc3)c(-c3ccccc3)n2Cc2ccccc2)c(C)c1. The Morgan fingerprint density at radius 2 is 1.25 bits per heavy atom. The molecule has 5 rings (SSSR count). The number of aryl methyl sites for hydroxylation is 2. The molecule has 0 unspecified atom stereocenters. The standard InChI is InChI=1S/C30H26N2/c1-22-18-19-27(23(2)20-22)30-31-28(25-14-8-4-9-15-25)29(26-16-10-5-11-17-26)32(30)21-24-12-6-3-7-13-24/h3-20H,21H2,1-2H3. The van der Waals surface area contributed by atoms with Crippen LogP contribution in [0.15, 0.2) is 109 Å². The van der Waals surface area contributed by atoms with Crippen LogP contribution in [-0.2, 0) is 6.54 Å². The van der Waals surface area contributed by atoms with E-state index < -0.39 is 0 Å². The van der Waals surface area contributed by atoms with Crippen LogP contribution < -0.4 is 0 Å². The van der Waals surface area contributed by atoms with E-state index in [1.165, 1.54) is 27.8 Å². The van der Waals surface area contributed by atoms with Gasteiger partial charge in [-0.05, 0) is 25.0 Å². The van der Waals surface area contributed by atoms with Gasteiger partial charge in [0, 0.05) is 23.2 Å². The molecule has 5 aromatic rings. The maximum absolute atomic E-state index is 5.28. The Morgan fingerprint density at radius 3 is 1.88 bits per heavy atom. The maximum atomic E-state index is 5.28. The largest absolute Gasteiger partial charge is 0.319 e. The lowest BCUT2D eigenvalue weighted by molar-refractivity contribution is 0.814. The highest BCUT2D eigenvalue weighted by Crippen LogP contribution is 2.37. The first-order chi connectivity index (χ1) is 15.7. The first-order valence-electron chi connectivity index (χ1n) is 11.0. The highest BCUT2D eigenvalue weighted by molar-refractivity contribution is 5.82. The van der Waals surface area contributed by atoms with Crippen LogP contribution in [0, 0.1) is 13.8 Å². The smallest absolute Gasteiger partial charge is 0.141 e. The van der Waals surface area contributed by atoms with Gasteiger partial charge in [-0.1, -0.05) is 115 Å². The average molecular weight is 415 g/mol. The Hall–Kier alpha value is -3.91. The zero-order valence-corrected chi connectivity index (χ0v) is 18.5. The summed E-state index contributed by atoms with van der Waals surface area (Å²) in [6.07, 6.45) is 0. The molecule has 156 valence electrons. The molecule has 0 fully saturated rings. The molecule has 0 amide bonds. The summed E-state index contributed by atoms with van der Waals surface area (Å²) >= 11 is 0. The molecule has 0 aliphatic carbocycles. The lowest BCUT2D eigenvalue weighted by atomic mass is 10.0. The van der Waals surface area contributed by atoms with Gasteiger partial charge in [-0.15, -0.1) is 0 Å². The van der Waals surface area contributed by atoms with Crippen LogP contribution in [0.4, 0.5) is 0 Å². The van der Waals surface area contributed by atoms with E-state index in [1.807, 2.05) is 0 Å². The molecule has 1 aromatic heterocycles. The fourth-order valence-electron chi connectivity index (χ4n) is 4.33. The monoisotopic (exact) mass is 414 g/mol. The molecule has 2 heteroatoms. The zero-order valence-electron chi connectivity index (χ0n) is 18.5. The molecule has 0 aliphatic heterocycles. The predicted octanol–water partition coefficient (Wildman–Crippen LogP) is 7.55. The van der Waals surface area contributed by atoms with Crippen LogP contribution in [0.3, 0.4) is 0 Å². The first kappa shape index (κ1) is 20.0. The molecule has 4 aromatic carbocycles. The number of aromatic nitrogens is 2. The number of hydrogen-bond donors (Lipinski definition) is 0. The van der Waals surface area contributed by atoms with Crippen molar-refractivity contribution in [2.45, 2.75) is 20.4 Å². The summed E-state index contributed by atoms with van der Waals surface area (Å²) in [6, 6.07) is 38.4. The lowest BCUT2D eigenvalue weighted by Gasteiger charge is -2.15. The van der Waals surface area contributed by atoms with E-state index in [4.69, 9.17) is 4.98 Å². The molecule has 0 saturated heterocycles. The summed E-state index contributed by atoms with van der Waals surface area (Å²) < 4.78 is 2.38. The third-order valence-electron chi connectivity index (χ3n) is 5.87. The Kier molecular flexibility index (Phi) is 5.43. The van der Waals surface area contributed by atoms with Crippen LogP contribution >= 0.6 is 0 Å². The van der Waals surface area contributed by atoms with Crippen molar-refractivity contribution in [3.05, 3.63) is 126 Å². The van der Waals surface area contributed by atoms with E-state index in [0.29, 0.717) is 0 Å². The maximum Gasteiger partial charge on any atom is 0.141 e. The molecular formula is C30H26N2. The van der Waals surface area contributed by atoms with Gasteiger partial charge in [0.2, 0.25) is 0 Å².